The number of hydrogen-bond acceptors (Lipinski definition) is 3. The average molecular weight is 197 g/mol. The fourth-order valence-corrected chi connectivity index (χ4v) is 1.75. The first kappa shape index (κ1) is 8.11. The van der Waals surface area contributed by atoms with E-state index in [1.165, 1.54) is 6.33 Å². The van der Waals surface area contributed by atoms with E-state index in [1.807, 2.05) is 12.1 Å². The molecule has 0 fully saturated rings. The van der Waals surface area contributed by atoms with Crippen molar-refractivity contribution >= 4 is 21.7 Å². The highest BCUT2D eigenvalue weighted by molar-refractivity contribution is 6.05. The van der Waals surface area contributed by atoms with Gasteiger partial charge in [-0.2, -0.15) is 0 Å². The SMILES string of the molecule is O=c1[nH]cc2ccc3ncnccc3c12. The lowest BCUT2D eigenvalue weighted by molar-refractivity contribution is 1.25. The van der Waals surface area contributed by atoms with Crippen molar-refractivity contribution in [1.29, 1.82) is 0 Å². The van der Waals surface area contributed by atoms with Gasteiger partial charge >= 0.3 is 0 Å². The van der Waals surface area contributed by atoms with Gasteiger partial charge < -0.3 is 4.98 Å². The molecule has 15 heavy (non-hydrogen) atoms. The summed E-state index contributed by atoms with van der Waals surface area (Å²) in [5, 5.41) is 2.41. The van der Waals surface area contributed by atoms with Gasteiger partial charge in [-0.1, -0.05) is 6.07 Å². The molecule has 0 aliphatic carbocycles. The van der Waals surface area contributed by atoms with Crippen LogP contribution in [0.3, 0.4) is 0 Å². The van der Waals surface area contributed by atoms with Crippen LogP contribution in [0.2, 0.25) is 0 Å². The molecule has 0 radical (unpaired) electrons. The minimum absolute atomic E-state index is 0.0800. The average Bonchev–Trinajstić information content (AvgIpc) is 2.51. The molecule has 3 aromatic rings. The van der Waals surface area contributed by atoms with Crippen LogP contribution in [-0.2, 0) is 0 Å². The van der Waals surface area contributed by atoms with E-state index in [9.17, 15) is 4.79 Å². The van der Waals surface area contributed by atoms with Crippen LogP contribution in [0, 0.1) is 0 Å². The molecule has 0 bridgehead atoms. The van der Waals surface area contributed by atoms with Crippen LogP contribution in [0.4, 0.5) is 0 Å². The minimum Gasteiger partial charge on any atom is -0.328 e. The number of H-pyrrole nitrogens is 1. The van der Waals surface area contributed by atoms with E-state index in [-0.39, 0.29) is 5.56 Å². The highest BCUT2D eigenvalue weighted by atomic mass is 16.1. The number of aromatic amines is 1. The lowest BCUT2D eigenvalue weighted by Crippen LogP contribution is -1.96. The maximum atomic E-state index is 11.6. The van der Waals surface area contributed by atoms with Crippen molar-refractivity contribution in [3.63, 3.8) is 0 Å². The number of nitrogens with zero attached hydrogens (tertiary/aromatic N) is 2. The first-order chi connectivity index (χ1) is 7.36. The van der Waals surface area contributed by atoms with Crippen molar-refractivity contribution < 1.29 is 0 Å². The van der Waals surface area contributed by atoms with Gasteiger partial charge in [-0.25, -0.2) is 9.97 Å². The van der Waals surface area contributed by atoms with Crippen LogP contribution in [0.25, 0.3) is 21.7 Å². The van der Waals surface area contributed by atoms with Crippen molar-refractivity contribution in [1.82, 2.24) is 15.0 Å². The quantitative estimate of drug-likeness (QED) is 0.593. The van der Waals surface area contributed by atoms with E-state index in [4.69, 9.17) is 0 Å². The summed E-state index contributed by atoms with van der Waals surface area (Å²) in [6.45, 7) is 0. The summed E-state index contributed by atoms with van der Waals surface area (Å²) in [6, 6.07) is 5.56. The molecule has 4 nitrogen and oxygen atoms in total. The highest BCUT2D eigenvalue weighted by Crippen LogP contribution is 2.19. The molecule has 0 saturated carbocycles. The molecule has 72 valence electrons. The van der Waals surface area contributed by atoms with Crippen LogP contribution in [-0.4, -0.2) is 15.0 Å². The Labute approximate surface area is 84.6 Å². The second-order valence-electron chi connectivity index (χ2n) is 3.29. The second kappa shape index (κ2) is 2.88. The normalized spacial score (nSPS) is 10.9. The van der Waals surface area contributed by atoms with Crippen LogP contribution in [0.1, 0.15) is 0 Å². The van der Waals surface area contributed by atoms with Gasteiger partial charge in [0, 0.05) is 23.2 Å². The molecule has 0 aliphatic heterocycles. The third-order valence-corrected chi connectivity index (χ3v) is 2.43. The monoisotopic (exact) mass is 197 g/mol. The molecule has 0 unspecified atom stereocenters. The zero-order valence-corrected chi connectivity index (χ0v) is 7.77. The topological polar surface area (TPSA) is 58.6 Å². The van der Waals surface area contributed by atoms with Gasteiger partial charge in [0.05, 0.1) is 10.9 Å². The summed E-state index contributed by atoms with van der Waals surface area (Å²) in [6.07, 6.45) is 4.82. The number of nitrogens with one attached hydrogen (secondary N) is 1. The van der Waals surface area contributed by atoms with E-state index in [1.54, 1.807) is 18.5 Å². The predicted molar refractivity (Wildman–Crippen MR) is 57.7 cm³/mol. The van der Waals surface area contributed by atoms with E-state index in [0.717, 1.165) is 16.3 Å². The third kappa shape index (κ3) is 1.11. The van der Waals surface area contributed by atoms with Gasteiger partial charge in [-0.15, -0.1) is 0 Å². The molecule has 2 aromatic heterocycles. The Hall–Kier alpha value is -2.23. The fourth-order valence-electron chi connectivity index (χ4n) is 1.75. The Bertz CT molecular complexity index is 703. The Morgan fingerprint density at radius 2 is 2.13 bits per heavy atom. The number of aromatic nitrogens is 3. The zero-order chi connectivity index (χ0) is 10.3. The van der Waals surface area contributed by atoms with E-state index in [0.29, 0.717) is 5.39 Å². The molecule has 0 aliphatic rings. The predicted octanol–water partition coefficient (Wildman–Crippen LogP) is 1.47. The van der Waals surface area contributed by atoms with E-state index >= 15 is 0 Å². The lowest BCUT2D eigenvalue weighted by Gasteiger charge is -1.92. The van der Waals surface area contributed by atoms with Crippen LogP contribution >= 0.6 is 0 Å². The third-order valence-electron chi connectivity index (χ3n) is 2.43. The molecule has 1 aromatic carbocycles. The number of hydrogen-bond donors (Lipinski definition) is 1. The fraction of sp³-hybridized carbons (Fsp3) is 0. The maximum Gasteiger partial charge on any atom is 0.256 e. The molecule has 4 heteroatoms. The summed E-state index contributed by atoms with van der Waals surface area (Å²) in [4.78, 5) is 22.3. The van der Waals surface area contributed by atoms with Gasteiger partial charge in [-0.3, -0.25) is 4.79 Å². The Morgan fingerprint density at radius 3 is 3.07 bits per heavy atom. The molecule has 0 atom stereocenters. The van der Waals surface area contributed by atoms with Gasteiger partial charge in [0.15, 0.2) is 0 Å². The molecule has 0 spiro atoms. The molecular weight excluding hydrogens is 190 g/mol. The van der Waals surface area contributed by atoms with Crippen LogP contribution in [0.15, 0.2) is 41.7 Å². The van der Waals surface area contributed by atoms with Crippen LogP contribution < -0.4 is 5.56 Å². The van der Waals surface area contributed by atoms with E-state index in [2.05, 4.69) is 15.0 Å². The summed E-state index contributed by atoms with van der Waals surface area (Å²) in [5.74, 6) is 0. The van der Waals surface area contributed by atoms with Gasteiger partial charge in [-0.05, 0) is 12.1 Å². The number of benzene rings is 1. The first-order valence-electron chi connectivity index (χ1n) is 4.56. The Balaban J connectivity index is 2.71. The van der Waals surface area contributed by atoms with Gasteiger partial charge in [0.2, 0.25) is 0 Å². The molecule has 0 saturated heterocycles. The maximum absolute atomic E-state index is 11.6. The Kier molecular flexibility index (Phi) is 1.56. The summed E-state index contributed by atoms with van der Waals surface area (Å²) < 4.78 is 0. The standard InChI is InChI=1S/C11H7N3O/c15-11-10-7(5-13-11)1-2-9-8(10)3-4-12-6-14-9/h1-6H,(H,13,15). The second-order valence-corrected chi connectivity index (χ2v) is 3.29. The molecule has 0 amide bonds. The van der Waals surface area contributed by atoms with Gasteiger partial charge in [0.1, 0.15) is 6.33 Å². The smallest absolute Gasteiger partial charge is 0.256 e. The number of rotatable bonds is 0. The summed E-state index contributed by atoms with van der Waals surface area (Å²) >= 11 is 0. The van der Waals surface area contributed by atoms with Crippen molar-refractivity contribution in [3.05, 3.63) is 47.3 Å². The number of fused-ring (bicyclic) bond motifs is 3. The molecule has 2 heterocycles. The highest BCUT2D eigenvalue weighted by Gasteiger charge is 2.04. The van der Waals surface area contributed by atoms with Crippen molar-refractivity contribution in [2.24, 2.45) is 0 Å². The van der Waals surface area contributed by atoms with Gasteiger partial charge in [0.25, 0.3) is 5.56 Å². The molecule has 3 rings (SSSR count). The van der Waals surface area contributed by atoms with Crippen LogP contribution in [0.5, 0.6) is 0 Å². The Morgan fingerprint density at radius 1 is 1.20 bits per heavy atom. The largest absolute Gasteiger partial charge is 0.328 e. The lowest BCUT2D eigenvalue weighted by atomic mass is 10.1. The molecular formula is C11H7N3O. The molecule has 1 N–H and O–H groups in total. The van der Waals surface area contributed by atoms with E-state index < -0.39 is 0 Å². The minimum atomic E-state index is -0.0800. The van der Waals surface area contributed by atoms with Crippen molar-refractivity contribution in [2.75, 3.05) is 0 Å². The van der Waals surface area contributed by atoms with Crippen molar-refractivity contribution in [2.45, 2.75) is 0 Å². The zero-order valence-electron chi connectivity index (χ0n) is 7.77. The summed E-state index contributed by atoms with van der Waals surface area (Å²) in [7, 11) is 0. The van der Waals surface area contributed by atoms with Crippen molar-refractivity contribution in [3.8, 4) is 0 Å². The first-order valence-corrected chi connectivity index (χ1v) is 4.56. The summed E-state index contributed by atoms with van der Waals surface area (Å²) in [5.41, 5.74) is 0.695.